The zero-order valence-electron chi connectivity index (χ0n) is 9.81. The van der Waals surface area contributed by atoms with E-state index in [2.05, 4.69) is 15.5 Å². The van der Waals surface area contributed by atoms with Gasteiger partial charge in [0, 0.05) is 0 Å². The Morgan fingerprint density at radius 1 is 1.44 bits per heavy atom. The van der Waals surface area contributed by atoms with Crippen LogP contribution in [0.2, 0.25) is 0 Å². The Labute approximate surface area is 100 Å². The van der Waals surface area contributed by atoms with Crippen molar-refractivity contribution < 1.29 is 5.11 Å². The van der Waals surface area contributed by atoms with Gasteiger partial charge >= 0.3 is 0 Å². The van der Waals surface area contributed by atoms with Crippen LogP contribution in [0.25, 0.3) is 0 Å². The molecule has 0 bridgehead atoms. The highest BCUT2D eigenvalue weighted by Crippen LogP contribution is 2.22. The minimum atomic E-state index is -0.535. The van der Waals surface area contributed by atoms with Gasteiger partial charge < -0.3 is 10.8 Å². The minimum Gasteiger partial charge on any atom is -0.379 e. The summed E-state index contributed by atoms with van der Waals surface area (Å²) in [5.41, 5.74) is 5.46. The van der Waals surface area contributed by atoms with Gasteiger partial charge in [0.15, 0.2) is 0 Å². The fourth-order valence-electron chi connectivity index (χ4n) is 1.51. The van der Waals surface area contributed by atoms with Crippen LogP contribution >= 0.6 is 11.3 Å². The molecule has 6 heteroatoms. The molecule has 16 heavy (non-hydrogen) atoms. The lowest BCUT2D eigenvalue weighted by molar-refractivity contribution is 0.137. The van der Waals surface area contributed by atoms with Crippen molar-refractivity contribution in [2.24, 2.45) is 5.73 Å². The predicted octanol–water partition coefficient (Wildman–Crippen LogP) is 0.945. The second-order valence-electron chi connectivity index (χ2n) is 3.84. The van der Waals surface area contributed by atoms with Crippen LogP contribution in [-0.4, -0.2) is 28.1 Å². The lowest BCUT2D eigenvalue weighted by Crippen LogP contribution is -2.30. The van der Waals surface area contributed by atoms with E-state index in [0.717, 1.165) is 29.3 Å². The summed E-state index contributed by atoms with van der Waals surface area (Å²) in [6.07, 6.45) is 2.42. The molecule has 4 N–H and O–H groups in total. The SMILES string of the molecule is Cc1nnc(C(CCCCN)NC(C)O)s1. The first-order valence-electron chi connectivity index (χ1n) is 5.57. The second-order valence-corrected chi connectivity index (χ2v) is 5.05. The molecular weight excluding hydrogens is 224 g/mol. The van der Waals surface area contributed by atoms with Crippen LogP contribution < -0.4 is 11.1 Å². The predicted molar refractivity (Wildman–Crippen MR) is 65.1 cm³/mol. The summed E-state index contributed by atoms with van der Waals surface area (Å²) in [6, 6.07) is 0.0812. The number of aromatic nitrogens is 2. The summed E-state index contributed by atoms with van der Waals surface area (Å²) in [5.74, 6) is 0. The van der Waals surface area contributed by atoms with E-state index in [1.807, 2.05) is 6.92 Å². The second kappa shape index (κ2) is 6.90. The van der Waals surface area contributed by atoms with Crippen molar-refractivity contribution in [2.45, 2.75) is 45.4 Å². The Balaban J connectivity index is 2.56. The fraction of sp³-hybridized carbons (Fsp3) is 0.800. The number of hydrogen-bond donors (Lipinski definition) is 3. The average molecular weight is 244 g/mol. The molecule has 0 aliphatic heterocycles. The van der Waals surface area contributed by atoms with Crippen LogP contribution in [-0.2, 0) is 0 Å². The van der Waals surface area contributed by atoms with Crippen molar-refractivity contribution in [1.29, 1.82) is 0 Å². The van der Waals surface area contributed by atoms with E-state index in [1.54, 1.807) is 18.3 Å². The van der Waals surface area contributed by atoms with Crippen molar-refractivity contribution in [2.75, 3.05) is 6.54 Å². The van der Waals surface area contributed by atoms with Gasteiger partial charge in [-0.3, -0.25) is 5.32 Å². The summed E-state index contributed by atoms with van der Waals surface area (Å²) < 4.78 is 0. The normalized spacial score (nSPS) is 15.0. The van der Waals surface area contributed by atoms with Crippen LogP contribution in [0, 0.1) is 6.92 Å². The van der Waals surface area contributed by atoms with E-state index in [4.69, 9.17) is 5.73 Å². The van der Waals surface area contributed by atoms with Gasteiger partial charge in [0.1, 0.15) is 16.2 Å². The van der Waals surface area contributed by atoms with Crippen LogP contribution in [0.4, 0.5) is 0 Å². The number of aliphatic hydroxyl groups is 1. The zero-order valence-corrected chi connectivity index (χ0v) is 10.6. The van der Waals surface area contributed by atoms with Crippen molar-refractivity contribution in [3.63, 3.8) is 0 Å². The highest BCUT2D eigenvalue weighted by atomic mass is 32.1. The lowest BCUT2D eigenvalue weighted by Gasteiger charge is -2.17. The number of rotatable bonds is 7. The van der Waals surface area contributed by atoms with Crippen molar-refractivity contribution in [3.05, 3.63) is 10.0 Å². The van der Waals surface area contributed by atoms with E-state index in [-0.39, 0.29) is 6.04 Å². The van der Waals surface area contributed by atoms with Crippen LogP contribution in [0.5, 0.6) is 0 Å². The average Bonchev–Trinajstić information content (AvgIpc) is 2.63. The number of nitrogens with one attached hydrogen (secondary N) is 1. The van der Waals surface area contributed by atoms with E-state index in [9.17, 15) is 5.11 Å². The molecule has 2 atom stereocenters. The molecule has 0 amide bonds. The first-order valence-corrected chi connectivity index (χ1v) is 6.39. The lowest BCUT2D eigenvalue weighted by atomic mass is 10.1. The molecule has 0 aliphatic carbocycles. The van der Waals surface area contributed by atoms with Crippen LogP contribution in [0.3, 0.4) is 0 Å². The highest BCUT2D eigenvalue weighted by Gasteiger charge is 2.16. The molecule has 0 saturated carbocycles. The maximum Gasteiger partial charge on any atom is 0.134 e. The molecule has 2 unspecified atom stereocenters. The number of aliphatic hydroxyl groups excluding tert-OH is 1. The van der Waals surface area contributed by atoms with Gasteiger partial charge in [0.25, 0.3) is 0 Å². The van der Waals surface area contributed by atoms with Crippen LogP contribution in [0.15, 0.2) is 0 Å². The van der Waals surface area contributed by atoms with Gasteiger partial charge in [-0.25, -0.2) is 0 Å². The number of unbranched alkanes of at least 4 members (excludes halogenated alkanes) is 1. The van der Waals surface area contributed by atoms with Gasteiger partial charge in [-0.05, 0) is 33.2 Å². The maximum absolute atomic E-state index is 9.37. The maximum atomic E-state index is 9.37. The third-order valence-corrected chi connectivity index (χ3v) is 3.18. The monoisotopic (exact) mass is 244 g/mol. The molecule has 0 aromatic carbocycles. The largest absolute Gasteiger partial charge is 0.379 e. The topological polar surface area (TPSA) is 84.1 Å². The summed E-state index contributed by atoms with van der Waals surface area (Å²) in [4.78, 5) is 0. The van der Waals surface area contributed by atoms with Crippen molar-refractivity contribution in [3.8, 4) is 0 Å². The van der Waals surface area contributed by atoms with Crippen molar-refractivity contribution >= 4 is 11.3 Å². The Kier molecular flexibility index (Phi) is 5.83. The first kappa shape index (κ1) is 13.5. The Hall–Kier alpha value is -0.560. The summed E-state index contributed by atoms with van der Waals surface area (Å²) in [6.45, 7) is 4.35. The Bertz CT molecular complexity index is 303. The molecule has 92 valence electrons. The third kappa shape index (κ3) is 4.52. The smallest absolute Gasteiger partial charge is 0.134 e. The number of hydrogen-bond acceptors (Lipinski definition) is 6. The van der Waals surface area contributed by atoms with Gasteiger partial charge in [0.2, 0.25) is 0 Å². The summed E-state index contributed by atoms with van der Waals surface area (Å²) in [7, 11) is 0. The molecule has 0 saturated heterocycles. The Morgan fingerprint density at radius 3 is 2.69 bits per heavy atom. The first-order chi connectivity index (χ1) is 7.63. The zero-order chi connectivity index (χ0) is 12.0. The van der Waals surface area contributed by atoms with Gasteiger partial charge in [-0.1, -0.05) is 6.42 Å². The number of aryl methyl sites for hydroxylation is 1. The molecule has 0 radical (unpaired) electrons. The van der Waals surface area contributed by atoms with E-state index in [0.29, 0.717) is 6.54 Å². The third-order valence-electron chi connectivity index (χ3n) is 2.23. The molecule has 1 aromatic heterocycles. The van der Waals surface area contributed by atoms with Gasteiger partial charge in [-0.2, -0.15) is 0 Å². The van der Waals surface area contributed by atoms with E-state index < -0.39 is 6.23 Å². The van der Waals surface area contributed by atoms with E-state index >= 15 is 0 Å². The fourth-order valence-corrected chi connectivity index (χ4v) is 2.31. The van der Waals surface area contributed by atoms with Gasteiger partial charge in [-0.15, -0.1) is 21.5 Å². The molecule has 1 rings (SSSR count). The number of nitrogens with two attached hydrogens (primary N) is 1. The molecule has 5 nitrogen and oxygen atoms in total. The number of nitrogens with zero attached hydrogens (tertiary/aromatic N) is 2. The Morgan fingerprint density at radius 2 is 2.19 bits per heavy atom. The molecule has 0 aliphatic rings. The molecule has 0 fully saturated rings. The van der Waals surface area contributed by atoms with E-state index in [1.165, 1.54) is 0 Å². The highest BCUT2D eigenvalue weighted by molar-refractivity contribution is 7.11. The minimum absolute atomic E-state index is 0.0812. The van der Waals surface area contributed by atoms with Gasteiger partial charge in [0.05, 0.1) is 6.04 Å². The standard InChI is InChI=1S/C10H20N4OS/c1-7(15)12-9(5-3-4-6-11)10-14-13-8(2)16-10/h7,9,12,15H,3-6,11H2,1-2H3. The summed E-state index contributed by atoms with van der Waals surface area (Å²) >= 11 is 1.57. The molecule has 0 spiro atoms. The molecule has 1 aromatic rings. The van der Waals surface area contributed by atoms with Crippen LogP contribution in [0.1, 0.15) is 42.2 Å². The van der Waals surface area contributed by atoms with Crippen molar-refractivity contribution in [1.82, 2.24) is 15.5 Å². The molecular formula is C10H20N4OS. The quantitative estimate of drug-likeness (QED) is 0.491. The summed E-state index contributed by atoms with van der Waals surface area (Å²) in [5, 5.41) is 22.5. The molecule has 1 heterocycles.